The van der Waals surface area contributed by atoms with E-state index in [1.807, 2.05) is 12.3 Å². The number of pyridine rings is 1. The largest absolute Gasteiger partial charge is 0.351 e. The molecule has 2 fully saturated rings. The van der Waals surface area contributed by atoms with Gasteiger partial charge >= 0.3 is 0 Å². The molecule has 2 aliphatic rings. The van der Waals surface area contributed by atoms with E-state index in [-0.39, 0.29) is 0 Å². The zero-order valence-electron chi connectivity index (χ0n) is 11.5. The molecule has 2 aliphatic heterocycles. The average Bonchev–Trinajstić information content (AvgIpc) is 2.81. The van der Waals surface area contributed by atoms with E-state index in [0.29, 0.717) is 17.2 Å². The second kappa shape index (κ2) is 4.60. The molecule has 106 valence electrons. The van der Waals surface area contributed by atoms with Gasteiger partial charge in [0.1, 0.15) is 5.15 Å². The Morgan fingerprint density at radius 3 is 2.80 bits per heavy atom. The molecule has 0 saturated carbocycles. The van der Waals surface area contributed by atoms with Crippen LogP contribution in [0.1, 0.15) is 19.3 Å². The van der Waals surface area contributed by atoms with Gasteiger partial charge in [-0.15, -0.1) is 0 Å². The van der Waals surface area contributed by atoms with Gasteiger partial charge in [-0.1, -0.05) is 18.0 Å². The molecule has 2 saturated heterocycles. The molecule has 1 N–H and O–H groups in total. The fourth-order valence-electron chi connectivity index (χ4n) is 3.61. The first kappa shape index (κ1) is 12.4. The molecule has 0 aliphatic carbocycles. The summed E-state index contributed by atoms with van der Waals surface area (Å²) in [6.07, 6.45) is 5.75. The van der Waals surface area contributed by atoms with Gasteiger partial charge in [0.25, 0.3) is 0 Å². The van der Waals surface area contributed by atoms with Crippen LogP contribution in [0.15, 0.2) is 12.3 Å². The minimum atomic E-state index is 0.503. The van der Waals surface area contributed by atoms with Gasteiger partial charge in [0.05, 0.1) is 10.9 Å². The van der Waals surface area contributed by atoms with Gasteiger partial charge in [-0.2, -0.15) is 5.10 Å². The average molecular weight is 292 g/mol. The predicted octanol–water partition coefficient (Wildman–Crippen LogP) is 2.28. The maximum atomic E-state index is 5.93. The predicted molar refractivity (Wildman–Crippen MR) is 80.3 cm³/mol. The summed E-state index contributed by atoms with van der Waals surface area (Å²) >= 11 is 5.93. The highest BCUT2D eigenvalue weighted by atomic mass is 35.5. The van der Waals surface area contributed by atoms with Crippen molar-refractivity contribution in [2.24, 2.45) is 0 Å². The summed E-state index contributed by atoms with van der Waals surface area (Å²) in [7, 11) is 2.26. The number of nitrogens with zero attached hydrogens (tertiary/aromatic N) is 4. The highest BCUT2D eigenvalue weighted by molar-refractivity contribution is 6.30. The number of nitrogens with one attached hydrogen (secondary N) is 1. The van der Waals surface area contributed by atoms with E-state index >= 15 is 0 Å². The molecule has 0 spiro atoms. The van der Waals surface area contributed by atoms with Crippen LogP contribution in [0.2, 0.25) is 5.15 Å². The van der Waals surface area contributed by atoms with Crippen LogP contribution in [0.25, 0.3) is 10.9 Å². The first-order chi connectivity index (χ1) is 9.72. The van der Waals surface area contributed by atoms with Crippen molar-refractivity contribution in [3.05, 3.63) is 17.4 Å². The van der Waals surface area contributed by atoms with Crippen molar-refractivity contribution >= 4 is 28.3 Å². The van der Waals surface area contributed by atoms with E-state index in [0.717, 1.165) is 29.8 Å². The minimum Gasteiger partial charge on any atom is -0.351 e. The number of rotatable bonds is 1. The molecule has 4 rings (SSSR count). The number of aromatic nitrogens is 3. The van der Waals surface area contributed by atoms with Crippen LogP contribution in [0, 0.1) is 0 Å². The number of aromatic amines is 1. The summed E-state index contributed by atoms with van der Waals surface area (Å²) in [5, 5.41) is 9.14. The number of piperazine rings is 1. The Morgan fingerprint density at radius 2 is 2.05 bits per heavy atom. The molecule has 5 nitrogen and oxygen atoms in total. The van der Waals surface area contributed by atoms with E-state index in [9.17, 15) is 0 Å². The first-order valence-corrected chi connectivity index (χ1v) is 7.56. The van der Waals surface area contributed by atoms with Crippen LogP contribution in [0.5, 0.6) is 0 Å². The maximum absolute atomic E-state index is 5.93. The lowest BCUT2D eigenvalue weighted by Crippen LogP contribution is -2.59. The number of H-pyrrole nitrogens is 1. The molecule has 20 heavy (non-hydrogen) atoms. The molecule has 0 aromatic carbocycles. The third-order valence-corrected chi connectivity index (χ3v) is 4.99. The van der Waals surface area contributed by atoms with Gasteiger partial charge < -0.3 is 4.90 Å². The van der Waals surface area contributed by atoms with E-state index in [4.69, 9.17) is 11.6 Å². The van der Waals surface area contributed by atoms with E-state index < -0.39 is 0 Å². The van der Waals surface area contributed by atoms with Gasteiger partial charge in [-0.05, 0) is 19.9 Å². The topological polar surface area (TPSA) is 48.0 Å². The van der Waals surface area contributed by atoms with Crippen LogP contribution < -0.4 is 4.90 Å². The SMILES string of the molecule is CN1C2CCCC1CN(c1n[nH]c3cc(Cl)ncc13)C2. The summed E-state index contributed by atoms with van der Waals surface area (Å²) in [6, 6.07) is 3.13. The zero-order valence-corrected chi connectivity index (χ0v) is 12.3. The van der Waals surface area contributed by atoms with Crippen molar-refractivity contribution < 1.29 is 0 Å². The van der Waals surface area contributed by atoms with Gasteiger partial charge in [0.15, 0.2) is 5.82 Å². The molecule has 2 unspecified atom stereocenters. The first-order valence-electron chi connectivity index (χ1n) is 7.19. The summed E-state index contributed by atoms with van der Waals surface area (Å²) in [4.78, 5) is 9.14. The zero-order chi connectivity index (χ0) is 13.7. The number of halogens is 1. The van der Waals surface area contributed by atoms with E-state index in [1.54, 1.807) is 0 Å². The normalized spacial score (nSPS) is 27.2. The quantitative estimate of drug-likeness (QED) is 0.819. The molecular formula is C14H18ClN5. The fourth-order valence-corrected chi connectivity index (χ4v) is 3.76. The van der Waals surface area contributed by atoms with Crippen molar-refractivity contribution in [3.8, 4) is 0 Å². The summed E-state index contributed by atoms with van der Waals surface area (Å²) in [5.41, 5.74) is 0.962. The van der Waals surface area contributed by atoms with Crippen LogP contribution in [0.3, 0.4) is 0 Å². The standard InChI is InChI=1S/C14H18ClN5/c1-19-9-3-2-4-10(19)8-20(7-9)14-11-6-16-13(15)5-12(11)17-18-14/h5-6,9-10H,2-4,7-8H2,1H3,(H,17,18). The molecule has 2 bridgehead atoms. The van der Waals surface area contributed by atoms with Crippen molar-refractivity contribution in [1.29, 1.82) is 0 Å². The Kier molecular flexibility index (Phi) is 2.86. The molecule has 2 aromatic heterocycles. The lowest BCUT2D eigenvalue weighted by Gasteiger charge is -2.48. The van der Waals surface area contributed by atoms with E-state index in [2.05, 4.69) is 32.0 Å². The Labute approximate surface area is 122 Å². The van der Waals surface area contributed by atoms with Crippen LogP contribution >= 0.6 is 11.6 Å². The third kappa shape index (κ3) is 1.88. The molecule has 2 aromatic rings. The summed E-state index contributed by atoms with van der Waals surface area (Å²) in [6.45, 7) is 2.10. The minimum absolute atomic E-state index is 0.503. The smallest absolute Gasteiger partial charge is 0.159 e. The third-order valence-electron chi connectivity index (χ3n) is 4.78. The maximum Gasteiger partial charge on any atom is 0.159 e. The van der Waals surface area contributed by atoms with Crippen molar-refractivity contribution in [2.75, 3.05) is 25.0 Å². The monoisotopic (exact) mass is 291 g/mol. The van der Waals surface area contributed by atoms with Gasteiger partial charge in [-0.3, -0.25) is 10.00 Å². The van der Waals surface area contributed by atoms with Crippen molar-refractivity contribution in [3.63, 3.8) is 0 Å². The van der Waals surface area contributed by atoms with E-state index in [1.165, 1.54) is 19.3 Å². The van der Waals surface area contributed by atoms with Gasteiger partial charge in [0.2, 0.25) is 0 Å². The molecule has 4 heterocycles. The number of fused-ring (bicyclic) bond motifs is 3. The Morgan fingerprint density at radius 1 is 1.30 bits per heavy atom. The van der Waals surface area contributed by atoms with Crippen molar-refractivity contribution in [2.45, 2.75) is 31.3 Å². The fraction of sp³-hybridized carbons (Fsp3) is 0.571. The number of likely N-dealkylation sites (N-methyl/N-ethyl adjacent to an activating group) is 1. The Bertz CT molecular complexity index is 626. The van der Waals surface area contributed by atoms with Crippen LogP contribution in [-0.2, 0) is 0 Å². The van der Waals surface area contributed by atoms with Crippen molar-refractivity contribution in [1.82, 2.24) is 20.1 Å². The summed E-state index contributed by atoms with van der Waals surface area (Å²) in [5.74, 6) is 1.02. The number of anilines is 1. The number of piperidine rings is 1. The molecule has 2 atom stereocenters. The second-order valence-corrected chi connectivity index (χ2v) is 6.30. The van der Waals surface area contributed by atoms with Gasteiger partial charge in [-0.25, -0.2) is 4.98 Å². The van der Waals surface area contributed by atoms with Gasteiger partial charge in [0, 0.05) is 37.4 Å². The van der Waals surface area contributed by atoms with Crippen LogP contribution in [-0.4, -0.2) is 52.3 Å². The van der Waals surface area contributed by atoms with Crippen LogP contribution in [0.4, 0.5) is 5.82 Å². The second-order valence-electron chi connectivity index (χ2n) is 5.91. The molecule has 0 radical (unpaired) electrons. The lowest BCUT2D eigenvalue weighted by molar-refractivity contribution is 0.0948. The molecule has 6 heteroatoms. The highest BCUT2D eigenvalue weighted by Gasteiger charge is 2.36. The Balaban J connectivity index is 1.69. The highest BCUT2D eigenvalue weighted by Crippen LogP contribution is 2.32. The summed E-state index contributed by atoms with van der Waals surface area (Å²) < 4.78 is 0. The lowest BCUT2D eigenvalue weighted by atomic mass is 9.92. The molecule has 0 amide bonds. The Hall–Kier alpha value is -1.33. The number of hydrogen-bond donors (Lipinski definition) is 1. The molecular weight excluding hydrogens is 274 g/mol. The number of hydrogen-bond acceptors (Lipinski definition) is 4.